The van der Waals surface area contributed by atoms with Crippen molar-refractivity contribution in [3.63, 3.8) is 0 Å². The zero-order valence-corrected chi connectivity index (χ0v) is 5.46. The van der Waals surface area contributed by atoms with E-state index in [9.17, 15) is 4.79 Å². The van der Waals surface area contributed by atoms with Crippen LogP contribution >= 0.6 is 0 Å². The summed E-state index contributed by atoms with van der Waals surface area (Å²) >= 11 is 0. The second-order valence-electron chi connectivity index (χ2n) is 1.71. The summed E-state index contributed by atoms with van der Waals surface area (Å²) in [4.78, 5) is 10.5. The number of hydrogen-bond donors (Lipinski definition) is 2. The monoisotopic (exact) mass is 132 g/mol. The van der Waals surface area contributed by atoms with Gasteiger partial charge in [-0.2, -0.15) is 0 Å². The van der Waals surface area contributed by atoms with Crippen LogP contribution in [0.15, 0.2) is 0 Å². The third kappa shape index (κ3) is 3.05. The molecule has 0 radical (unpaired) electrons. The lowest BCUT2D eigenvalue weighted by atomic mass is 10.2. The highest BCUT2D eigenvalue weighted by Gasteiger charge is 2.10. The molecule has 1 atom stereocenters. The van der Waals surface area contributed by atoms with Gasteiger partial charge in [0.2, 0.25) is 0 Å². The van der Waals surface area contributed by atoms with Crippen molar-refractivity contribution >= 4 is 5.97 Å². The summed E-state index contributed by atoms with van der Waals surface area (Å²) < 4.78 is 4.35. The largest absolute Gasteiger partial charge is 0.468 e. The predicted molar refractivity (Wildman–Crippen MR) is 33.7 cm³/mol. The smallest absolute Gasteiger partial charge is 0.322 e. The Labute approximate surface area is 54.2 Å². The van der Waals surface area contributed by atoms with E-state index in [0.717, 1.165) is 0 Å². The molecule has 0 saturated carbocycles. The summed E-state index contributed by atoms with van der Waals surface area (Å²) in [6, 6.07) is -0.556. The fourth-order valence-electron chi connectivity index (χ4n) is 0.449. The number of carbonyl (C=O) groups is 1. The number of esters is 1. The lowest BCUT2D eigenvalue weighted by Gasteiger charge is -2.05. The van der Waals surface area contributed by atoms with Gasteiger partial charge in [-0.05, 0) is 13.0 Å². The predicted octanol–water partition coefficient (Wildman–Crippen LogP) is -1.16. The molecule has 9 heavy (non-hydrogen) atoms. The van der Waals surface area contributed by atoms with Crippen LogP contribution in [-0.2, 0) is 9.53 Å². The molecule has 0 aromatic carbocycles. The molecule has 0 aromatic heterocycles. The minimum absolute atomic E-state index is 0.402. The standard InChI is InChI=1S/C5H12N2O2/c1-9-5(8)4(7)2-3-6/h4H,2-3,6-7H2,1H3/t4-/m1/s1. The molecular formula is C5H12N2O2. The summed E-state index contributed by atoms with van der Waals surface area (Å²) in [6.45, 7) is 0.413. The van der Waals surface area contributed by atoms with Crippen molar-refractivity contribution in [3.05, 3.63) is 0 Å². The fraction of sp³-hybridized carbons (Fsp3) is 0.800. The molecule has 0 spiro atoms. The van der Waals surface area contributed by atoms with Crippen molar-refractivity contribution in [2.45, 2.75) is 12.5 Å². The van der Waals surface area contributed by atoms with Crippen LogP contribution in [0, 0.1) is 0 Å². The highest BCUT2D eigenvalue weighted by Crippen LogP contribution is 1.86. The highest BCUT2D eigenvalue weighted by molar-refractivity contribution is 5.75. The number of nitrogens with two attached hydrogens (primary N) is 2. The van der Waals surface area contributed by atoms with Crippen LogP contribution in [0.4, 0.5) is 0 Å². The average Bonchev–Trinajstić information content (AvgIpc) is 1.87. The van der Waals surface area contributed by atoms with E-state index >= 15 is 0 Å². The van der Waals surface area contributed by atoms with Gasteiger partial charge in [0.15, 0.2) is 0 Å². The van der Waals surface area contributed by atoms with Crippen molar-refractivity contribution in [1.29, 1.82) is 0 Å². The van der Waals surface area contributed by atoms with Crippen LogP contribution in [0.25, 0.3) is 0 Å². The zero-order valence-electron chi connectivity index (χ0n) is 5.46. The van der Waals surface area contributed by atoms with Gasteiger partial charge in [-0.1, -0.05) is 0 Å². The molecule has 0 bridgehead atoms. The molecule has 4 heteroatoms. The molecule has 0 amide bonds. The number of hydrogen-bond acceptors (Lipinski definition) is 4. The van der Waals surface area contributed by atoms with Gasteiger partial charge in [0, 0.05) is 0 Å². The Morgan fingerprint density at radius 1 is 1.78 bits per heavy atom. The maximum absolute atomic E-state index is 10.5. The number of carbonyl (C=O) groups excluding carboxylic acids is 1. The summed E-state index contributed by atoms with van der Waals surface area (Å²) in [5, 5.41) is 0. The van der Waals surface area contributed by atoms with Gasteiger partial charge in [-0.3, -0.25) is 4.79 Å². The van der Waals surface area contributed by atoms with E-state index in [1.165, 1.54) is 7.11 Å². The number of methoxy groups -OCH3 is 1. The lowest BCUT2D eigenvalue weighted by molar-refractivity contribution is -0.142. The summed E-state index contributed by atoms with van der Waals surface area (Å²) in [6.07, 6.45) is 0.479. The van der Waals surface area contributed by atoms with Crippen molar-refractivity contribution in [3.8, 4) is 0 Å². The molecular weight excluding hydrogens is 120 g/mol. The Balaban J connectivity index is 3.45. The van der Waals surface area contributed by atoms with Gasteiger partial charge in [0.1, 0.15) is 6.04 Å². The number of rotatable bonds is 3. The molecule has 0 aliphatic carbocycles. The maximum atomic E-state index is 10.5. The van der Waals surface area contributed by atoms with Gasteiger partial charge in [-0.25, -0.2) is 0 Å². The van der Waals surface area contributed by atoms with Crippen LogP contribution < -0.4 is 11.5 Å². The average molecular weight is 132 g/mol. The van der Waals surface area contributed by atoms with E-state index in [-0.39, 0.29) is 0 Å². The molecule has 54 valence electrons. The van der Waals surface area contributed by atoms with Crippen molar-refractivity contribution in [2.24, 2.45) is 11.5 Å². The van der Waals surface area contributed by atoms with Gasteiger partial charge in [0.05, 0.1) is 7.11 Å². The van der Waals surface area contributed by atoms with Crippen LogP contribution in [-0.4, -0.2) is 25.7 Å². The van der Waals surface area contributed by atoms with E-state index in [1.807, 2.05) is 0 Å². The van der Waals surface area contributed by atoms with Crippen LogP contribution in [0.1, 0.15) is 6.42 Å². The van der Waals surface area contributed by atoms with E-state index in [4.69, 9.17) is 11.5 Å². The molecule has 0 unspecified atom stereocenters. The third-order valence-corrected chi connectivity index (χ3v) is 0.982. The summed E-state index contributed by atoms with van der Waals surface area (Å²) in [5.74, 6) is -0.402. The molecule has 0 heterocycles. The minimum atomic E-state index is -0.556. The Kier molecular flexibility index (Phi) is 4.00. The minimum Gasteiger partial charge on any atom is -0.468 e. The van der Waals surface area contributed by atoms with Crippen molar-refractivity contribution in [1.82, 2.24) is 0 Å². The van der Waals surface area contributed by atoms with E-state index in [1.54, 1.807) is 0 Å². The van der Waals surface area contributed by atoms with Crippen LogP contribution in [0.3, 0.4) is 0 Å². The topological polar surface area (TPSA) is 78.3 Å². The molecule has 0 rings (SSSR count). The Bertz CT molecular complexity index is 95.0. The van der Waals surface area contributed by atoms with Crippen molar-refractivity contribution < 1.29 is 9.53 Å². The second-order valence-corrected chi connectivity index (χ2v) is 1.71. The molecule has 0 fully saturated rings. The molecule has 0 aliphatic rings. The first kappa shape index (κ1) is 8.39. The van der Waals surface area contributed by atoms with Crippen LogP contribution in [0.2, 0.25) is 0 Å². The Morgan fingerprint density at radius 2 is 2.33 bits per heavy atom. The fourth-order valence-corrected chi connectivity index (χ4v) is 0.449. The first-order valence-electron chi connectivity index (χ1n) is 2.76. The van der Waals surface area contributed by atoms with Gasteiger partial charge >= 0.3 is 5.97 Å². The van der Waals surface area contributed by atoms with Gasteiger partial charge < -0.3 is 16.2 Å². The highest BCUT2D eigenvalue weighted by atomic mass is 16.5. The summed E-state index contributed by atoms with van der Waals surface area (Å²) in [7, 11) is 1.30. The molecule has 0 aromatic rings. The molecule has 4 nitrogen and oxygen atoms in total. The van der Waals surface area contributed by atoms with Gasteiger partial charge in [0.25, 0.3) is 0 Å². The lowest BCUT2D eigenvalue weighted by Crippen LogP contribution is -2.33. The zero-order chi connectivity index (χ0) is 7.28. The SMILES string of the molecule is COC(=O)[C@H](N)CCN. The maximum Gasteiger partial charge on any atom is 0.322 e. The van der Waals surface area contributed by atoms with E-state index < -0.39 is 12.0 Å². The Morgan fingerprint density at radius 3 is 2.67 bits per heavy atom. The molecule has 0 saturated heterocycles. The van der Waals surface area contributed by atoms with Crippen LogP contribution in [0.5, 0.6) is 0 Å². The van der Waals surface area contributed by atoms with E-state index in [2.05, 4.69) is 4.74 Å². The van der Waals surface area contributed by atoms with E-state index in [0.29, 0.717) is 13.0 Å². The molecule has 4 N–H and O–H groups in total. The summed E-state index contributed by atoms with van der Waals surface area (Å²) in [5.41, 5.74) is 10.4. The normalized spacial score (nSPS) is 12.8. The first-order valence-corrected chi connectivity index (χ1v) is 2.76. The third-order valence-electron chi connectivity index (χ3n) is 0.982. The number of ether oxygens (including phenoxy) is 1. The second kappa shape index (κ2) is 4.29. The quantitative estimate of drug-likeness (QED) is 0.474. The first-order chi connectivity index (χ1) is 4.22. The van der Waals surface area contributed by atoms with Gasteiger partial charge in [-0.15, -0.1) is 0 Å². The Hall–Kier alpha value is -0.610. The van der Waals surface area contributed by atoms with Crippen molar-refractivity contribution in [2.75, 3.05) is 13.7 Å². The molecule has 0 aliphatic heterocycles.